The molecule has 0 aliphatic rings. The van der Waals surface area contributed by atoms with Gasteiger partial charge in [0.1, 0.15) is 0 Å². The fourth-order valence-electron chi connectivity index (χ4n) is 3.01. The van der Waals surface area contributed by atoms with Crippen LogP contribution in [0.4, 0.5) is 0 Å². The highest BCUT2D eigenvalue weighted by molar-refractivity contribution is 6.37. The minimum absolute atomic E-state index is 0.164. The largest absolute Gasteiger partial charge is 0.392 e. The molecule has 0 radical (unpaired) electrons. The number of carbonyl (C=O) groups excluding carboxylic acids is 2. The molecular formula is C23H21Cl2N3O3. The van der Waals surface area contributed by atoms with Crippen molar-refractivity contribution in [3.63, 3.8) is 0 Å². The van der Waals surface area contributed by atoms with Gasteiger partial charge in [0.15, 0.2) is 0 Å². The summed E-state index contributed by atoms with van der Waals surface area (Å²) < 4.78 is 1.83. The number of aromatic nitrogens is 1. The number of halogens is 2. The first kappa shape index (κ1) is 22.6. The molecule has 0 aliphatic heterocycles. The molecule has 0 atom stereocenters. The van der Waals surface area contributed by atoms with Gasteiger partial charge in [-0.05, 0) is 48.0 Å². The first-order chi connectivity index (χ1) is 14.9. The fourth-order valence-corrected chi connectivity index (χ4v) is 3.59. The van der Waals surface area contributed by atoms with Crippen LogP contribution in [-0.2, 0) is 17.9 Å². The molecule has 2 amide bonds. The van der Waals surface area contributed by atoms with E-state index in [4.69, 9.17) is 23.2 Å². The molecule has 3 N–H and O–H groups in total. The van der Waals surface area contributed by atoms with Crippen molar-refractivity contribution < 1.29 is 14.7 Å². The standard InChI is InChI=1S/C23H21Cl2N3O3/c1-26-23(31)16-7-4-15(5-8-16)6-11-21(30)27-13-17-3-2-12-28(17)20-10-9-19(24)18(14-29)22(20)25/h2-12,29H,13-14H2,1H3,(H,26,31)(H,27,30)/b11-6+. The third-order valence-corrected chi connectivity index (χ3v) is 5.46. The maximum Gasteiger partial charge on any atom is 0.251 e. The van der Waals surface area contributed by atoms with Crippen molar-refractivity contribution >= 4 is 41.1 Å². The Morgan fingerprint density at radius 1 is 1.10 bits per heavy atom. The lowest BCUT2D eigenvalue weighted by Gasteiger charge is -2.14. The number of aliphatic hydroxyl groups excluding tert-OH is 1. The number of hydrogen-bond donors (Lipinski definition) is 3. The highest BCUT2D eigenvalue weighted by Crippen LogP contribution is 2.31. The summed E-state index contributed by atoms with van der Waals surface area (Å²) in [6.07, 6.45) is 4.93. The van der Waals surface area contributed by atoms with E-state index in [2.05, 4.69) is 10.6 Å². The molecular weight excluding hydrogens is 437 g/mol. The van der Waals surface area contributed by atoms with Crippen molar-refractivity contribution in [2.75, 3.05) is 7.05 Å². The smallest absolute Gasteiger partial charge is 0.251 e. The van der Waals surface area contributed by atoms with Crippen LogP contribution in [0.5, 0.6) is 0 Å². The second-order valence-electron chi connectivity index (χ2n) is 6.64. The van der Waals surface area contributed by atoms with Crippen LogP contribution in [0, 0.1) is 0 Å². The van der Waals surface area contributed by atoms with Gasteiger partial charge in [-0.25, -0.2) is 0 Å². The number of hydrogen-bond acceptors (Lipinski definition) is 3. The molecule has 0 aliphatic carbocycles. The number of carbonyl (C=O) groups is 2. The molecule has 3 aromatic rings. The SMILES string of the molecule is CNC(=O)c1ccc(/C=C/C(=O)NCc2cccn2-c2ccc(Cl)c(CO)c2Cl)cc1. The molecule has 8 heteroatoms. The normalized spacial score (nSPS) is 11.0. The lowest BCUT2D eigenvalue weighted by Crippen LogP contribution is -2.21. The molecule has 0 bridgehead atoms. The van der Waals surface area contributed by atoms with Gasteiger partial charge in [0.2, 0.25) is 5.91 Å². The Morgan fingerprint density at radius 3 is 2.52 bits per heavy atom. The lowest BCUT2D eigenvalue weighted by atomic mass is 10.1. The molecule has 0 spiro atoms. The Bertz CT molecular complexity index is 1120. The average molecular weight is 458 g/mol. The van der Waals surface area contributed by atoms with Gasteiger partial charge in [-0.3, -0.25) is 9.59 Å². The van der Waals surface area contributed by atoms with Crippen LogP contribution < -0.4 is 10.6 Å². The molecule has 0 unspecified atom stereocenters. The zero-order valence-electron chi connectivity index (χ0n) is 16.7. The van der Waals surface area contributed by atoms with Crippen LogP contribution in [0.2, 0.25) is 10.0 Å². The molecule has 1 heterocycles. The highest BCUT2D eigenvalue weighted by atomic mass is 35.5. The predicted octanol–water partition coefficient (Wildman–Crippen LogP) is 3.97. The number of nitrogens with zero attached hydrogens (tertiary/aromatic N) is 1. The van der Waals surface area contributed by atoms with Gasteiger partial charge in [0, 0.05) is 41.2 Å². The summed E-state index contributed by atoms with van der Waals surface area (Å²) in [7, 11) is 1.57. The van der Waals surface area contributed by atoms with Crippen molar-refractivity contribution in [3.8, 4) is 5.69 Å². The van der Waals surface area contributed by atoms with Crippen LogP contribution in [-0.4, -0.2) is 28.5 Å². The van der Waals surface area contributed by atoms with E-state index in [1.54, 1.807) is 49.5 Å². The molecule has 0 fully saturated rings. The van der Waals surface area contributed by atoms with Crippen LogP contribution in [0.1, 0.15) is 27.2 Å². The van der Waals surface area contributed by atoms with E-state index in [9.17, 15) is 14.7 Å². The van der Waals surface area contributed by atoms with Crippen LogP contribution in [0.3, 0.4) is 0 Å². The van der Waals surface area contributed by atoms with Gasteiger partial charge in [-0.2, -0.15) is 0 Å². The number of benzene rings is 2. The number of rotatable bonds is 7. The Kier molecular flexibility index (Phi) is 7.52. The predicted molar refractivity (Wildman–Crippen MR) is 122 cm³/mol. The van der Waals surface area contributed by atoms with Crippen molar-refractivity contribution in [1.29, 1.82) is 0 Å². The Morgan fingerprint density at radius 2 is 1.84 bits per heavy atom. The van der Waals surface area contributed by atoms with Gasteiger partial charge in [0.05, 0.1) is 23.9 Å². The second kappa shape index (κ2) is 10.3. The third kappa shape index (κ3) is 5.35. The Labute approximate surface area is 190 Å². The van der Waals surface area contributed by atoms with Gasteiger partial charge in [-0.15, -0.1) is 0 Å². The first-order valence-electron chi connectivity index (χ1n) is 9.47. The van der Waals surface area contributed by atoms with E-state index >= 15 is 0 Å². The Hall–Kier alpha value is -3.06. The third-order valence-electron chi connectivity index (χ3n) is 4.69. The molecule has 31 heavy (non-hydrogen) atoms. The van der Waals surface area contributed by atoms with E-state index in [0.717, 1.165) is 11.3 Å². The number of aliphatic hydroxyl groups is 1. The lowest BCUT2D eigenvalue weighted by molar-refractivity contribution is -0.116. The van der Waals surface area contributed by atoms with Gasteiger partial charge >= 0.3 is 0 Å². The van der Waals surface area contributed by atoms with E-state index in [1.165, 1.54) is 6.08 Å². The summed E-state index contributed by atoms with van der Waals surface area (Å²) in [5, 5.41) is 15.7. The van der Waals surface area contributed by atoms with E-state index in [1.807, 2.05) is 22.9 Å². The number of amides is 2. The summed E-state index contributed by atoms with van der Waals surface area (Å²) in [6.45, 7) is 0.00688. The van der Waals surface area contributed by atoms with Gasteiger partial charge < -0.3 is 20.3 Å². The van der Waals surface area contributed by atoms with Gasteiger partial charge in [0.25, 0.3) is 5.91 Å². The number of nitrogens with one attached hydrogen (secondary N) is 2. The van der Waals surface area contributed by atoms with E-state index < -0.39 is 0 Å². The highest BCUT2D eigenvalue weighted by Gasteiger charge is 2.13. The summed E-state index contributed by atoms with van der Waals surface area (Å²) >= 11 is 12.5. The molecule has 0 saturated heterocycles. The molecule has 0 saturated carbocycles. The average Bonchev–Trinajstić information content (AvgIpc) is 3.24. The summed E-state index contributed by atoms with van der Waals surface area (Å²) in [5.41, 5.74) is 3.28. The zero-order valence-corrected chi connectivity index (χ0v) is 18.2. The molecule has 1 aromatic heterocycles. The van der Waals surface area contributed by atoms with Crippen molar-refractivity contribution in [1.82, 2.24) is 15.2 Å². The maximum absolute atomic E-state index is 12.2. The molecule has 6 nitrogen and oxygen atoms in total. The summed E-state index contributed by atoms with van der Waals surface area (Å²) in [6, 6.07) is 14.1. The molecule has 160 valence electrons. The van der Waals surface area contributed by atoms with Crippen molar-refractivity contribution in [3.05, 3.63) is 93.2 Å². The molecule has 2 aromatic carbocycles. The van der Waals surface area contributed by atoms with Crippen LogP contribution in [0.25, 0.3) is 11.8 Å². The second-order valence-corrected chi connectivity index (χ2v) is 7.42. The van der Waals surface area contributed by atoms with Crippen LogP contribution in [0.15, 0.2) is 60.8 Å². The first-order valence-corrected chi connectivity index (χ1v) is 10.2. The van der Waals surface area contributed by atoms with Crippen LogP contribution >= 0.6 is 23.2 Å². The summed E-state index contributed by atoms with van der Waals surface area (Å²) in [4.78, 5) is 23.8. The minimum Gasteiger partial charge on any atom is -0.392 e. The van der Waals surface area contributed by atoms with Crippen molar-refractivity contribution in [2.24, 2.45) is 0 Å². The van der Waals surface area contributed by atoms with Crippen molar-refractivity contribution in [2.45, 2.75) is 13.2 Å². The molecule has 3 rings (SSSR count). The fraction of sp³-hybridized carbons (Fsp3) is 0.130. The summed E-state index contributed by atoms with van der Waals surface area (Å²) in [5.74, 6) is -0.426. The van der Waals surface area contributed by atoms with E-state index in [-0.39, 0.29) is 25.0 Å². The van der Waals surface area contributed by atoms with E-state index in [0.29, 0.717) is 26.9 Å². The zero-order chi connectivity index (χ0) is 22.4. The Balaban J connectivity index is 1.67. The topological polar surface area (TPSA) is 83.4 Å². The quantitative estimate of drug-likeness (QED) is 0.469. The van der Waals surface area contributed by atoms with Gasteiger partial charge in [-0.1, -0.05) is 35.3 Å². The monoisotopic (exact) mass is 457 g/mol. The minimum atomic E-state index is -0.270. The maximum atomic E-state index is 12.2.